The Hall–Kier alpha value is -3.07. The number of nitrogens with zero attached hydrogens (tertiary/aromatic N) is 1. The minimum Gasteiger partial charge on any atom is -0.492 e. The van der Waals surface area contributed by atoms with E-state index in [1.54, 1.807) is 12.1 Å². The topological polar surface area (TPSA) is 83.3 Å². The molecule has 3 rings (SSSR count). The number of hydrogen-bond donors (Lipinski definition) is 1. The van der Waals surface area contributed by atoms with Crippen molar-refractivity contribution in [1.29, 1.82) is 0 Å². The van der Waals surface area contributed by atoms with E-state index < -0.39 is 18.4 Å². The van der Waals surface area contributed by atoms with Crippen LogP contribution in [-0.2, 0) is 6.42 Å². The fraction of sp³-hybridized carbons (Fsp3) is 0.409. The Balaban J connectivity index is 2.02. The van der Waals surface area contributed by atoms with Crippen molar-refractivity contribution in [2.24, 2.45) is 5.73 Å². The molecule has 2 aromatic rings. The van der Waals surface area contributed by atoms with E-state index in [9.17, 15) is 13.6 Å². The lowest BCUT2D eigenvalue weighted by Gasteiger charge is -2.22. The second-order valence-corrected chi connectivity index (χ2v) is 7.14. The molecule has 0 aliphatic carbocycles. The van der Waals surface area contributed by atoms with Crippen LogP contribution in [0.4, 0.5) is 8.78 Å². The number of halogens is 2. The summed E-state index contributed by atoms with van der Waals surface area (Å²) in [5.41, 5.74) is 6.68. The third kappa shape index (κ3) is 4.82. The van der Waals surface area contributed by atoms with Gasteiger partial charge in [0.25, 0.3) is 11.8 Å². The van der Waals surface area contributed by atoms with E-state index in [4.69, 9.17) is 24.7 Å². The molecule has 1 heterocycles. The van der Waals surface area contributed by atoms with Gasteiger partial charge >= 0.3 is 0 Å². The van der Waals surface area contributed by atoms with E-state index in [1.165, 1.54) is 27.4 Å². The van der Waals surface area contributed by atoms with Gasteiger partial charge in [-0.2, -0.15) is 0 Å². The Morgan fingerprint density at radius 2 is 1.71 bits per heavy atom. The standard InChI is InChI=1S/C22H26F2N2O5/c1-28-18-16(21(27)26-11-9-22(23,24)13-26)12-17(19(29-2)20(18)30-3)31-15-6-4-14(5-7-15)8-10-25/h4-7,12H,8-11,13,25H2,1-3H3. The van der Waals surface area contributed by atoms with Gasteiger partial charge in [0, 0.05) is 19.0 Å². The average Bonchev–Trinajstić information content (AvgIpc) is 3.13. The molecule has 31 heavy (non-hydrogen) atoms. The maximum absolute atomic E-state index is 13.7. The SMILES string of the molecule is COc1c(Oc2ccc(CCN)cc2)cc(C(=O)N2CCC(F)(F)C2)c(OC)c1OC. The number of ether oxygens (including phenoxy) is 4. The van der Waals surface area contributed by atoms with Gasteiger partial charge in [-0.1, -0.05) is 12.1 Å². The molecular formula is C22H26F2N2O5. The summed E-state index contributed by atoms with van der Waals surface area (Å²) in [7, 11) is 4.18. The van der Waals surface area contributed by atoms with Crippen LogP contribution >= 0.6 is 0 Å². The van der Waals surface area contributed by atoms with Crippen LogP contribution in [0.5, 0.6) is 28.7 Å². The molecule has 1 fully saturated rings. The lowest BCUT2D eigenvalue weighted by Crippen LogP contribution is -2.31. The van der Waals surface area contributed by atoms with Crippen molar-refractivity contribution in [3.63, 3.8) is 0 Å². The molecule has 1 aliphatic heterocycles. The summed E-state index contributed by atoms with van der Waals surface area (Å²) in [6, 6.07) is 8.72. The number of amides is 1. The quantitative estimate of drug-likeness (QED) is 0.682. The summed E-state index contributed by atoms with van der Waals surface area (Å²) in [5, 5.41) is 0. The van der Waals surface area contributed by atoms with Crippen LogP contribution in [0, 0.1) is 0 Å². The summed E-state index contributed by atoms with van der Waals surface area (Å²) in [5.74, 6) is -2.38. The highest BCUT2D eigenvalue weighted by Crippen LogP contribution is 2.48. The molecule has 1 amide bonds. The number of alkyl halides is 2. The maximum Gasteiger partial charge on any atom is 0.267 e. The number of rotatable bonds is 8. The number of likely N-dealkylation sites (tertiary alicyclic amines) is 1. The molecule has 0 aromatic heterocycles. The second kappa shape index (κ2) is 9.38. The van der Waals surface area contributed by atoms with Gasteiger partial charge in [0.15, 0.2) is 11.5 Å². The lowest BCUT2D eigenvalue weighted by atomic mass is 10.1. The van der Waals surface area contributed by atoms with Gasteiger partial charge in [-0.05, 0) is 30.7 Å². The van der Waals surface area contributed by atoms with Crippen LogP contribution in [0.25, 0.3) is 0 Å². The number of benzene rings is 2. The van der Waals surface area contributed by atoms with Gasteiger partial charge in [-0.3, -0.25) is 4.79 Å². The van der Waals surface area contributed by atoms with Gasteiger partial charge in [-0.25, -0.2) is 8.78 Å². The Labute approximate surface area is 179 Å². The molecule has 9 heteroatoms. The number of methoxy groups -OCH3 is 3. The zero-order valence-electron chi connectivity index (χ0n) is 17.7. The van der Waals surface area contributed by atoms with Crippen LogP contribution in [0.2, 0.25) is 0 Å². The highest BCUT2D eigenvalue weighted by atomic mass is 19.3. The normalized spacial score (nSPS) is 15.0. The molecule has 0 radical (unpaired) electrons. The fourth-order valence-corrected chi connectivity index (χ4v) is 3.51. The molecule has 0 unspecified atom stereocenters. The number of nitrogens with two attached hydrogens (primary N) is 1. The number of carbonyl (C=O) groups excluding carboxylic acids is 1. The van der Waals surface area contributed by atoms with E-state index in [0.29, 0.717) is 12.3 Å². The largest absolute Gasteiger partial charge is 0.492 e. The molecule has 0 bridgehead atoms. The highest BCUT2D eigenvalue weighted by Gasteiger charge is 2.41. The Morgan fingerprint density at radius 1 is 1.06 bits per heavy atom. The molecule has 2 N–H and O–H groups in total. The van der Waals surface area contributed by atoms with Crippen molar-refractivity contribution in [2.75, 3.05) is 41.0 Å². The summed E-state index contributed by atoms with van der Waals surface area (Å²) in [6.07, 6.45) is 0.353. The summed E-state index contributed by atoms with van der Waals surface area (Å²) in [6.45, 7) is -0.172. The maximum atomic E-state index is 13.7. The van der Waals surface area contributed by atoms with E-state index >= 15 is 0 Å². The predicted molar refractivity (Wildman–Crippen MR) is 111 cm³/mol. The molecule has 2 aromatic carbocycles. The fourth-order valence-electron chi connectivity index (χ4n) is 3.51. The molecule has 0 saturated carbocycles. The lowest BCUT2D eigenvalue weighted by molar-refractivity contribution is 0.0119. The molecule has 7 nitrogen and oxygen atoms in total. The van der Waals surface area contributed by atoms with Gasteiger partial charge in [0.05, 0.1) is 33.4 Å². The smallest absolute Gasteiger partial charge is 0.267 e. The summed E-state index contributed by atoms with van der Waals surface area (Å²) in [4.78, 5) is 14.1. The third-order valence-corrected chi connectivity index (χ3v) is 5.04. The summed E-state index contributed by atoms with van der Waals surface area (Å²) < 4.78 is 49.5. The van der Waals surface area contributed by atoms with E-state index in [2.05, 4.69) is 0 Å². The zero-order valence-corrected chi connectivity index (χ0v) is 17.7. The third-order valence-electron chi connectivity index (χ3n) is 5.04. The number of carbonyl (C=O) groups is 1. The molecule has 1 aliphatic rings. The van der Waals surface area contributed by atoms with Crippen LogP contribution in [0.15, 0.2) is 30.3 Å². The molecule has 0 atom stereocenters. The van der Waals surface area contributed by atoms with E-state index in [0.717, 1.165) is 16.9 Å². The Kier molecular flexibility index (Phi) is 6.84. The molecular weight excluding hydrogens is 410 g/mol. The molecule has 0 spiro atoms. The van der Waals surface area contributed by atoms with Crippen LogP contribution in [-0.4, -0.2) is 57.7 Å². The minimum absolute atomic E-state index is 0.0487. The highest BCUT2D eigenvalue weighted by molar-refractivity contribution is 5.99. The second-order valence-electron chi connectivity index (χ2n) is 7.14. The summed E-state index contributed by atoms with van der Waals surface area (Å²) >= 11 is 0. The van der Waals surface area contributed by atoms with Crippen molar-refractivity contribution in [3.8, 4) is 28.7 Å². The van der Waals surface area contributed by atoms with Crippen molar-refractivity contribution < 1.29 is 32.5 Å². The minimum atomic E-state index is -2.91. The Bertz CT molecular complexity index is 934. The van der Waals surface area contributed by atoms with E-state index in [1.807, 2.05) is 12.1 Å². The first-order valence-corrected chi connectivity index (χ1v) is 9.80. The zero-order chi connectivity index (χ0) is 22.6. The van der Waals surface area contributed by atoms with Crippen LogP contribution in [0.3, 0.4) is 0 Å². The van der Waals surface area contributed by atoms with Gasteiger partial charge in [0.1, 0.15) is 5.75 Å². The van der Waals surface area contributed by atoms with Crippen molar-refractivity contribution in [2.45, 2.75) is 18.8 Å². The Morgan fingerprint density at radius 3 is 2.23 bits per heavy atom. The van der Waals surface area contributed by atoms with Crippen molar-refractivity contribution >= 4 is 5.91 Å². The average molecular weight is 436 g/mol. The van der Waals surface area contributed by atoms with Crippen molar-refractivity contribution in [3.05, 3.63) is 41.5 Å². The molecule has 1 saturated heterocycles. The molecule has 168 valence electrons. The predicted octanol–water partition coefficient (Wildman–Crippen LogP) is 3.49. The first-order chi connectivity index (χ1) is 14.8. The van der Waals surface area contributed by atoms with Crippen LogP contribution < -0.4 is 24.7 Å². The van der Waals surface area contributed by atoms with E-state index in [-0.39, 0.29) is 41.5 Å². The van der Waals surface area contributed by atoms with Gasteiger partial charge in [-0.15, -0.1) is 0 Å². The number of hydrogen-bond acceptors (Lipinski definition) is 6. The van der Waals surface area contributed by atoms with Crippen LogP contribution in [0.1, 0.15) is 22.3 Å². The van der Waals surface area contributed by atoms with Crippen molar-refractivity contribution in [1.82, 2.24) is 4.90 Å². The first-order valence-electron chi connectivity index (χ1n) is 9.80. The van der Waals surface area contributed by atoms with Gasteiger partial charge in [0.2, 0.25) is 11.5 Å². The monoisotopic (exact) mass is 436 g/mol. The first kappa shape index (κ1) is 22.6. The van der Waals surface area contributed by atoms with Gasteiger partial charge < -0.3 is 29.6 Å².